The van der Waals surface area contributed by atoms with Gasteiger partial charge in [0.15, 0.2) is 0 Å². The summed E-state index contributed by atoms with van der Waals surface area (Å²) in [5.41, 5.74) is 0. The number of nitrogens with one attached hydrogen (secondary N) is 1. The van der Waals surface area contributed by atoms with Gasteiger partial charge < -0.3 is 5.32 Å². The minimum absolute atomic E-state index is 0.617. The molecule has 1 nitrogen and oxygen atoms in total. The third-order valence-corrected chi connectivity index (χ3v) is 5.63. The fourth-order valence-corrected chi connectivity index (χ4v) is 4.45. The molecular weight excluding hydrogens is 262 g/mol. The Morgan fingerprint density at radius 3 is 2.60 bits per heavy atom. The van der Waals surface area contributed by atoms with Crippen molar-refractivity contribution in [3.8, 4) is 0 Å². The summed E-state index contributed by atoms with van der Waals surface area (Å²) in [5, 5.41) is 6.28. The van der Waals surface area contributed by atoms with Gasteiger partial charge in [0.1, 0.15) is 0 Å². The van der Waals surface area contributed by atoms with Gasteiger partial charge in [0.05, 0.1) is 0 Å². The first-order chi connectivity index (χ1) is 9.85. The largest absolute Gasteiger partial charge is 0.306 e. The molecule has 1 heterocycles. The zero-order valence-corrected chi connectivity index (χ0v) is 14.1. The maximum Gasteiger partial charge on any atom is 0.0445 e. The molecule has 1 aromatic heterocycles. The fourth-order valence-electron chi connectivity index (χ4n) is 3.57. The van der Waals surface area contributed by atoms with E-state index in [4.69, 9.17) is 0 Å². The molecule has 0 aliphatic heterocycles. The molecule has 0 aromatic carbocycles. The van der Waals surface area contributed by atoms with E-state index in [1.807, 2.05) is 11.3 Å². The summed E-state index contributed by atoms with van der Waals surface area (Å²) >= 11 is 1.94. The van der Waals surface area contributed by atoms with E-state index in [1.165, 1.54) is 57.8 Å². The van der Waals surface area contributed by atoms with Gasteiger partial charge in [-0.2, -0.15) is 0 Å². The topological polar surface area (TPSA) is 12.0 Å². The smallest absolute Gasteiger partial charge is 0.0445 e. The second-order valence-corrected chi connectivity index (χ2v) is 7.31. The standard InChI is InChI=1S/C18H31NS/c1-3-5-12-16(9-4-2)19-18(15-10-6-7-11-15)17-13-8-14-20-17/h8,13-16,18-19H,3-7,9-12H2,1-2H3. The van der Waals surface area contributed by atoms with E-state index in [1.54, 1.807) is 4.88 Å². The Balaban J connectivity index is 2.01. The molecule has 0 bridgehead atoms. The van der Waals surface area contributed by atoms with E-state index >= 15 is 0 Å². The van der Waals surface area contributed by atoms with Crippen LogP contribution in [-0.4, -0.2) is 6.04 Å². The molecule has 114 valence electrons. The number of unbranched alkanes of at least 4 members (excludes halogenated alkanes) is 1. The average molecular weight is 294 g/mol. The normalized spacial score (nSPS) is 19.3. The maximum atomic E-state index is 4.04. The van der Waals surface area contributed by atoms with Crippen LogP contribution < -0.4 is 5.32 Å². The highest BCUT2D eigenvalue weighted by Crippen LogP contribution is 2.38. The molecule has 1 saturated carbocycles. The molecule has 2 rings (SSSR count). The van der Waals surface area contributed by atoms with Gasteiger partial charge in [-0.3, -0.25) is 0 Å². The first-order valence-electron chi connectivity index (χ1n) is 8.64. The van der Waals surface area contributed by atoms with Crippen molar-refractivity contribution >= 4 is 11.3 Å². The number of thiophene rings is 1. The van der Waals surface area contributed by atoms with Gasteiger partial charge >= 0.3 is 0 Å². The minimum Gasteiger partial charge on any atom is -0.306 e. The van der Waals surface area contributed by atoms with Crippen LogP contribution in [0.3, 0.4) is 0 Å². The van der Waals surface area contributed by atoms with Crippen molar-refractivity contribution in [1.29, 1.82) is 0 Å². The van der Waals surface area contributed by atoms with Crippen LogP contribution in [0.4, 0.5) is 0 Å². The zero-order valence-electron chi connectivity index (χ0n) is 13.2. The van der Waals surface area contributed by atoms with Crippen molar-refractivity contribution in [2.24, 2.45) is 5.92 Å². The van der Waals surface area contributed by atoms with Crippen LogP contribution in [-0.2, 0) is 0 Å². The molecule has 0 saturated heterocycles. The van der Waals surface area contributed by atoms with Gasteiger partial charge in [-0.05, 0) is 43.0 Å². The second-order valence-electron chi connectivity index (χ2n) is 6.33. The molecule has 1 aliphatic rings. The molecule has 1 N–H and O–H groups in total. The first-order valence-corrected chi connectivity index (χ1v) is 9.52. The van der Waals surface area contributed by atoms with Crippen LogP contribution in [0.15, 0.2) is 17.5 Å². The Morgan fingerprint density at radius 2 is 2.00 bits per heavy atom. The monoisotopic (exact) mass is 293 g/mol. The van der Waals surface area contributed by atoms with Crippen LogP contribution in [0.25, 0.3) is 0 Å². The highest BCUT2D eigenvalue weighted by molar-refractivity contribution is 7.10. The van der Waals surface area contributed by atoms with Gasteiger partial charge in [-0.1, -0.05) is 52.0 Å². The molecule has 2 unspecified atom stereocenters. The Bertz CT molecular complexity index is 340. The summed E-state index contributed by atoms with van der Waals surface area (Å²) in [7, 11) is 0. The number of rotatable bonds is 9. The summed E-state index contributed by atoms with van der Waals surface area (Å²) < 4.78 is 0. The van der Waals surface area contributed by atoms with Crippen molar-refractivity contribution in [2.75, 3.05) is 0 Å². The lowest BCUT2D eigenvalue weighted by molar-refractivity contribution is 0.308. The predicted molar refractivity (Wildman–Crippen MR) is 90.4 cm³/mol. The van der Waals surface area contributed by atoms with E-state index in [9.17, 15) is 0 Å². The summed E-state index contributed by atoms with van der Waals surface area (Å²) in [5.74, 6) is 0.870. The van der Waals surface area contributed by atoms with Crippen LogP contribution >= 0.6 is 11.3 Å². The third kappa shape index (κ3) is 4.60. The molecule has 2 atom stereocenters. The minimum atomic E-state index is 0.617. The Kier molecular flexibility index (Phi) is 7.09. The highest BCUT2D eigenvalue weighted by atomic mass is 32.1. The van der Waals surface area contributed by atoms with E-state index < -0.39 is 0 Å². The quantitative estimate of drug-likeness (QED) is 0.595. The molecular formula is C18H31NS. The van der Waals surface area contributed by atoms with Gasteiger partial charge in [-0.15, -0.1) is 11.3 Å². The maximum absolute atomic E-state index is 4.04. The third-order valence-electron chi connectivity index (χ3n) is 4.68. The van der Waals surface area contributed by atoms with Crippen molar-refractivity contribution in [3.05, 3.63) is 22.4 Å². The molecule has 0 radical (unpaired) electrons. The van der Waals surface area contributed by atoms with Crippen LogP contribution in [0.1, 0.15) is 82.6 Å². The van der Waals surface area contributed by atoms with E-state index in [0.29, 0.717) is 12.1 Å². The van der Waals surface area contributed by atoms with E-state index in [2.05, 4.69) is 36.7 Å². The molecule has 1 aliphatic carbocycles. The van der Waals surface area contributed by atoms with E-state index in [-0.39, 0.29) is 0 Å². The zero-order chi connectivity index (χ0) is 14.2. The van der Waals surface area contributed by atoms with E-state index in [0.717, 1.165) is 5.92 Å². The van der Waals surface area contributed by atoms with Crippen molar-refractivity contribution < 1.29 is 0 Å². The predicted octanol–water partition coefficient (Wildman–Crippen LogP) is 5.93. The molecule has 1 fully saturated rings. The fraction of sp³-hybridized carbons (Fsp3) is 0.778. The number of hydrogen-bond acceptors (Lipinski definition) is 2. The van der Waals surface area contributed by atoms with Gasteiger partial charge in [0.2, 0.25) is 0 Å². The average Bonchev–Trinajstić information content (AvgIpc) is 3.14. The first kappa shape index (κ1) is 16.0. The van der Waals surface area contributed by atoms with Crippen LogP contribution in [0, 0.1) is 5.92 Å². The summed E-state index contributed by atoms with van der Waals surface area (Å²) in [4.78, 5) is 1.56. The summed E-state index contributed by atoms with van der Waals surface area (Å²) in [6.45, 7) is 4.62. The SMILES string of the molecule is CCCCC(CCC)NC(c1cccs1)C1CCCC1. The molecule has 0 amide bonds. The highest BCUT2D eigenvalue weighted by Gasteiger charge is 2.28. The molecule has 1 aromatic rings. The lowest BCUT2D eigenvalue weighted by Crippen LogP contribution is -2.35. The second kappa shape index (κ2) is 8.84. The number of hydrogen-bond donors (Lipinski definition) is 1. The summed E-state index contributed by atoms with van der Waals surface area (Å²) in [6, 6.07) is 5.88. The molecule has 20 heavy (non-hydrogen) atoms. The van der Waals surface area contributed by atoms with Crippen LogP contribution in [0.2, 0.25) is 0 Å². The van der Waals surface area contributed by atoms with Gasteiger partial charge in [0.25, 0.3) is 0 Å². The van der Waals surface area contributed by atoms with Crippen molar-refractivity contribution in [3.63, 3.8) is 0 Å². The lowest BCUT2D eigenvalue weighted by Gasteiger charge is -2.29. The molecule has 2 heteroatoms. The van der Waals surface area contributed by atoms with Crippen molar-refractivity contribution in [2.45, 2.75) is 83.7 Å². The Morgan fingerprint density at radius 1 is 1.20 bits per heavy atom. The van der Waals surface area contributed by atoms with Crippen molar-refractivity contribution in [1.82, 2.24) is 5.32 Å². The Hall–Kier alpha value is -0.340. The Labute approximate surface area is 129 Å². The lowest BCUT2D eigenvalue weighted by atomic mass is 9.94. The van der Waals surface area contributed by atoms with Gasteiger partial charge in [0, 0.05) is 17.0 Å². The summed E-state index contributed by atoms with van der Waals surface area (Å²) in [6.07, 6.45) is 12.3. The van der Waals surface area contributed by atoms with Gasteiger partial charge in [-0.25, -0.2) is 0 Å². The molecule has 0 spiro atoms. The van der Waals surface area contributed by atoms with Crippen LogP contribution in [0.5, 0.6) is 0 Å².